The van der Waals surface area contributed by atoms with Gasteiger partial charge in [0.1, 0.15) is 0 Å². The summed E-state index contributed by atoms with van der Waals surface area (Å²) in [4.78, 5) is 0. The van der Waals surface area contributed by atoms with Gasteiger partial charge in [-0.05, 0) is 38.3 Å². The highest BCUT2D eigenvalue weighted by Gasteiger charge is 2.26. The molecular weight excluding hydrogens is 191 g/mol. The molecule has 0 aromatic carbocycles. The molecule has 0 rings (SSSR count). The second kappa shape index (κ2) is 7.10. The van der Waals surface area contributed by atoms with Crippen molar-refractivity contribution in [3.05, 3.63) is 0 Å². The Hall–Kier alpha value is -0.250. The lowest BCUT2D eigenvalue weighted by atomic mass is 10.0. The molecule has 0 aromatic heterocycles. The fourth-order valence-corrected chi connectivity index (χ4v) is 1.28. The minimum atomic E-state index is -3.99. The van der Waals surface area contributed by atoms with Crippen molar-refractivity contribution in [2.45, 2.75) is 45.7 Å². The van der Waals surface area contributed by atoms with Crippen LogP contribution in [0.15, 0.2) is 0 Å². The Labute approximate surface area is 84.1 Å². The monoisotopic (exact) mass is 211 g/mol. The van der Waals surface area contributed by atoms with Crippen molar-refractivity contribution in [2.75, 3.05) is 13.1 Å². The third kappa shape index (κ3) is 9.84. The molecule has 0 fully saturated rings. The first-order valence-corrected chi connectivity index (χ1v) is 5.23. The summed E-state index contributed by atoms with van der Waals surface area (Å²) in [7, 11) is 0. The molecule has 1 unspecified atom stereocenters. The van der Waals surface area contributed by atoms with Crippen molar-refractivity contribution >= 4 is 0 Å². The van der Waals surface area contributed by atoms with Crippen molar-refractivity contribution in [3.63, 3.8) is 0 Å². The maximum absolute atomic E-state index is 11.8. The molecule has 0 aliphatic rings. The van der Waals surface area contributed by atoms with Gasteiger partial charge in [0, 0.05) is 6.42 Å². The topological polar surface area (TPSA) is 12.0 Å². The molecule has 0 amide bonds. The van der Waals surface area contributed by atoms with Crippen molar-refractivity contribution in [1.29, 1.82) is 0 Å². The minimum absolute atomic E-state index is 0.248. The number of hydrogen-bond donors (Lipinski definition) is 1. The van der Waals surface area contributed by atoms with E-state index in [9.17, 15) is 13.2 Å². The zero-order valence-electron chi connectivity index (χ0n) is 8.95. The van der Waals surface area contributed by atoms with Crippen molar-refractivity contribution in [3.8, 4) is 0 Å². The van der Waals surface area contributed by atoms with Crippen LogP contribution < -0.4 is 5.32 Å². The molecule has 1 atom stereocenters. The fourth-order valence-electron chi connectivity index (χ4n) is 1.28. The highest BCUT2D eigenvalue weighted by molar-refractivity contribution is 4.59. The molecule has 1 N–H and O–H groups in total. The lowest BCUT2D eigenvalue weighted by molar-refractivity contribution is -0.136. The van der Waals surface area contributed by atoms with Crippen LogP contribution in [0, 0.1) is 5.92 Å². The first kappa shape index (κ1) is 13.8. The highest BCUT2D eigenvalue weighted by Crippen LogP contribution is 2.23. The molecule has 0 bridgehead atoms. The van der Waals surface area contributed by atoms with E-state index < -0.39 is 12.6 Å². The summed E-state index contributed by atoms with van der Waals surface area (Å²) in [5.74, 6) is 0.337. The predicted octanol–water partition coefficient (Wildman–Crippen LogP) is 3.35. The van der Waals surface area contributed by atoms with Gasteiger partial charge in [0.2, 0.25) is 0 Å². The van der Waals surface area contributed by atoms with Gasteiger partial charge in [0.25, 0.3) is 0 Å². The maximum atomic E-state index is 11.8. The van der Waals surface area contributed by atoms with Crippen LogP contribution in [0.4, 0.5) is 13.2 Å². The average molecular weight is 211 g/mol. The number of rotatable bonds is 7. The van der Waals surface area contributed by atoms with Gasteiger partial charge in [-0.2, -0.15) is 13.2 Å². The summed E-state index contributed by atoms with van der Waals surface area (Å²) >= 11 is 0. The van der Waals surface area contributed by atoms with Crippen molar-refractivity contribution in [1.82, 2.24) is 5.32 Å². The molecule has 0 saturated carbocycles. The Morgan fingerprint density at radius 2 is 1.93 bits per heavy atom. The van der Waals surface area contributed by atoms with Crippen LogP contribution in [0.3, 0.4) is 0 Å². The third-order valence-corrected chi connectivity index (χ3v) is 2.08. The van der Waals surface area contributed by atoms with E-state index in [1.54, 1.807) is 0 Å². The Kier molecular flexibility index (Phi) is 6.97. The molecule has 4 heteroatoms. The number of halogens is 3. The zero-order valence-corrected chi connectivity index (χ0v) is 8.95. The summed E-state index contributed by atoms with van der Waals surface area (Å²) < 4.78 is 35.4. The zero-order chi connectivity index (χ0) is 11.0. The van der Waals surface area contributed by atoms with Crippen LogP contribution in [0.5, 0.6) is 0 Å². The molecule has 0 spiro atoms. The third-order valence-electron chi connectivity index (χ3n) is 2.08. The molecule has 0 heterocycles. The van der Waals surface area contributed by atoms with Gasteiger partial charge in [-0.25, -0.2) is 0 Å². The summed E-state index contributed by atoms with van der Waals surface area (Å²) in [6.45, 7) is 5.83. The number of alkyl halides is 3. The Balaban J connectivity index is 3.31. The van der Waals surface area contributed by atoms with E-state index in [2.05, 4.69) is 12.2 Å². The quantitative estimate of drug-likeness (QED) is 0.637. The first-order valence-electron chi connectivity index (χ1n) is 5.23. The highest BCUT2D eigenvalue weighted by atomic mass is 19.4. The summed E-state index contributed by atoms with van der Waals surface area (Å²) in [6.07, 6.45) is -2.67. The van der Waals surface area contributed by atoms with Gasteiger partial charge in [-0.15, -0.1) is 0 Å². The van der Waals surface area contributed by atoms with E-state index in [1.807, 2.05) is 6.92 Å². The maximum Gasteiger partial charge on any atom is 0.389 e. The van der Waals surface area contributed by atoms with Crippen LogP contribution >= 0.6 is 0 Å². The molecule has 1 nitrogen and oxygen atoms in total. The van der Waals surface area contributed by atoms with Gasteiger partial charge in [-0.1, -0.05) is 13.8 Å². The first-order chi connectivity index (χ1) is 6.45. The molecule has 0 saturated heterocycles. The second-order valence-corrected chi connectivity index (χ2v) is 3.82. The van der Waals surface area contributed by atoms with Crippen LogP contribution in [-0.4, -0.2) is 19.3 Å². The lowest BCUT2D eigenvalue weighted by Crippen LogP contribution is -2.22. The van der Waals surface area contributed by atoms with Gasteiger partial charge in [-0.3, -0.25) is 0 Å². The molecule has 0 aliphatic heterocycles. The molecule has 0 radical (unpaired) electrons. The minimum Gasteiger partial charge on any atom is -0.316 e. The smallest absolute Gasteiger partial charge is 0.316 e. The second-order valence-electron chi connectivity index (χ2n) is 3.82. The standard InChI is InChI=1S/C10H20F3N/c1-3-7-14-8-9(2)5-4-6-10(11,12)13/h9,14H,3-8H2,1-2H3. The SMILES string of the molecule is CCCNCC(C)CCCC(F)(F)F. The Morgan fingerprint density at radius 1 is 1.29 bits per heavy atom. The predicted molar refractivity (Wildman–Crippen MR) is 52.2 cm³/mol. The van der Waals surface area contributed by atoms with Gasteiger partial charge in [0.15, 0.2) is 0 Å². The van der Waals surface area contributed by atoms with E-state index in [0.29, 0.717) is 12.3 Å². The Morgan fingerprint density at radius 3 is 2.43 bits per heavy atom. The van der Waals surface area contributed by atoms with E-state index in [0.717, 1.165) is 19.5 Å². The van der Waals surface area contributed by atoms with Gasteiger partial charge >= 0.3 is 6.18 Å². The van der Waals surface area contributed by atoms with Gasteiger partial charge < -0.3 is 5.32 Å². The normalized spacial score (nSPS) is 14.4. The summed E-state index contributed by atoms with van der Waals surface area (Å²) in [6, 6.07) is 0. The summed E-state index contributed by atoms with van der Waals surface area (Å²) in [5.41, 5.74) is 0. The van der Waals surface area contributed by atoms with Crippen LogP contribution in [0.25, 0.3) is 0 Å². The molecule has 0 aromatic rings. The molecule has 86 valence electrons. The van der Waals surface area contributed by atoms with Crippen LogP contribution in [-0.2, 0) is 0 Å². The van der Waals surface area contributed by atoms with E-state index >= 15 is 0 Å². The van der Waals surface area contributed by atoms with Crippen molar-refractivity contribution in [2.24, 2.45) is 5.92 Å². The van der Waals surface area contributed by atoms with Crippen LogP contribution in [0.1, 0.15) is 39.5 Å². The van der Waals surface area contributed by atoms with E-state index in [1.165, 1.54) is 0 Å². The fraction of sp³-hybridized carbons (Fsp3) is 1.00. The van der Waals surface area contributed by atoms with E-state index in [-0.39, 0.29) is 6.42 Å². The molecule has 14 heavy (non-hydrogen) atoms. The summed E-state index contributed by atoms with van der Waals surface area (Å²) in [5, 5.41) is 3.20. The van der Waals surface area contributed by atoms with Crippen LogP contribution in [0.2, 0.25) is 0 Å². The number of hydrogen-bond acceptors (Lipinski definition) is 1. The van der Waals surface area contributed by atoms with Crippen molar-refractivity contribution < 1.29 is 13.2 Å². The molecular formula is C10H20F3N. The molecule has 0 aliphatic carbocycles. The average Bonchev–Trinajstić information content (AvgIpc) is 2.02. The van der Waals surface area contributed by atoms with Gasteiger partial charge in [0.05, 0.1) is 0 Å². The van der Waals surface area contributed by atoms with E-state index in [4.69, 9.17) is 0 Å². The number of nitrogens with one attached hydrogen (secondary N) is 1. The largest absolute Gasteiger partial charge is 0.389 e. The Bertz CT molecular complexity index is 134. The lowest BCUT2D eigenvalue weighted by Gasteiger charge is -2.12.